The lowest BCUT2D eigenvalue weighted by Gasteiger charge is -2.59. The van der Waals surface area contributed by atoms with Crippen LogP contribution in [-0.2, 0) is 25.6 Å². The largest absolute Gasteiger partial charge is 0.508 e. The van der Waals surface area contributed by atoms with Crippen LogP contribution in [-0.4, -0.2) is 83.2 Å². The number of ether oxygens (including phenoxy) is 4. The summed E-state index contributed by atoms with van der Waals surface area (Å²) in [5, 5.41) is 38.2. The van der Waals surface area contributed by atoms with Gasteiger partial charge < -0.3 is 39.1 Å². The molecule has 7 atom stereocenters. The van der Waals surface area contributed by atoms with Crippen LogP contribution >= 0.6 is 0 Å². The van der Waals surface area contributed by atoms with Gasteiger partial charge in [-0.05, 0) is 96.9 Å². The summed E-state index contributed by atoms with van der Waals surface area (Å²) in [5.41, 5.74) is 3.47. The number of fused-ring (bicyclic) bond motifs is 3. The quantitative estimate of drug-likeness (QED) is 0.0387. The van der Waals surface area contributed by atoms with E-state index in [2.05, 4.69) is 43.8 Å². The van der Waals surface area contributed by atoms with Gasteiger partial charge in [-0.15, -0.1) is 6.58 Å². The Balaban J connectivity index is 1.32. The number of aliphatic hydroxyl groups is 2. The van der Waals surface area contributed by atoms with E-state index in [1.54, 1.807) is 12.1 Å². The number of phenolic OH excluding ortho intramolecular Hbond substituents is 1. The highest BCUT2D eigenvalue weighted by molar-refractivity contribution is 6.03. The third-order valence-electron chi connectivity index (χ3n) is 14.6. The molecular weight excluding hydrogens is 845 g/mol. The number of benzene rings is 3. The lowest BCUT2D eigenvalue weighted by molar-refractivity contribution is -0.256. The Hall–Kier alpha value is -4.42. The van der Waals surface area contributed by atoms with Crippen molar-refractivity contribution in [2.45, 2.75) is 166 Å². The molecule has 2 aliphatic carbocycles. The maximum Gasteiger partial charge on any atom is 0.410 e. The Labute approximate surface area is 399 Å². The molecular formula is C56H78N2O9. The number of hydrogen-bond donors (Lipinski definition) is 3. The average Bonchev–Trinajstić information content (AvgIpc) is 3.35. The van der Waals surface area contributed by atoms with Crippen molar-refractivity contribution in [3.63, 3.8) is 0 Å². The van der Waals surface area contributed by atoms with Crippen LogP contribution in [0, 0.1) is 17.8 Å². The predicted molar refractivity (Wildman–Crippen MR) is 264 cm³/mol. The molecule has 3 N–H and O–H groups in total. The number of carbonyl (C=O) groups excluding carboxylic acids is 1. The van der Waals surface area contributed by atoms with E-state index in [4.69, 9.17) is 28.9 Å². The topological polar surface area (TPSA) is 140 Å². The number of hydrogen-bond acceptors (Lipinski definition) is 10. The van der Waals surface area contributed by atoms with Crippen LogP contribution in [0.15, 0.2) is 90.1 Å². The number of allylic oxidation sites excluding steroid dienone is 1. The summed E-state index contributed by atoms with van der Waals surface area (Å²) in [4.78, 5) is 23.4. The van der Waals surface area contributed by atoms with E-state index in [9.17, 15) is 15.3 Å². The molecule has 1 amide bonds. The molecule has 2 fully saturated rings. The van der Waals surface area contributed by atoms with E-state index < -0.39 is 30.1 Å². The van der Waals surface area contributed by atoms with E-state index in [-0.39, 0.29) is 56.3 Å². The van der Waals surface area contributed by atoms with Crippen LogP contribution in [0.1, 0.15) is 152 Å². The van der Waals surface area contributed by atoms with Crippen molar-refractivity contribution in [2.24, 2.45) is 22.9 Å². The number of phenols is 1. The number of nitrogens with zero attached hydrogens (tertiary/aromatic N) is 2. The highest BCUT2D eigenvalue weighted by Gasteiger charge is 2.65. The molecule has 0 bridgehead atoms. The van der Waals surface area contributed by atoms with Crippen molar-refractivity contribution < 1.29 is 43.9 Å². The molecule has 2 heterocycles. The molecule has 11 heteroatoms. The molecule has 1 saturated carbocycles. The van der Waals surface area contributed by atoms with E-state index in [1.165, 1.54) is 44.9 Å². The Kier molecular flexibility index (Phi) is 19.4. The second-order valence-corrected chi connectivity index (χ2v) is 19.3. The Bertz CT molecular complexity index is 2080. The second kappa shape index (κ2) is 25.8. The zero-order valence-electron chi connectivity index (χ0n) is 40.2. The normalized spacial score (nSPS) is 24.9. The molecule has 0 aromatic heterocycles. The van der Waals surface area contributed by atoms with Gasteiger partial charge in [0.1, 0.15) is 17.5 Å². The summed E-state index contributed by atoms with van der Waals surface area (Å²) in [5.74, 6) is -1.39. The predicted octanol–water partition coefficient (Wildman–Crippen LogP) is 12.3. The van der Waals surface area contributed by atoms with Crippen molar-refractivity contribution in [3.8, 4) is 11.5 Å². The summed E-state index contributed by atoms with van der Waals surface area (Å²) in [6, 6.07) is 19.0. The van der Waals surface area contributed by atoms with Crippen LogP contribution < -0.4 is 4.74 Å². The number of aromatic hydroxyl groups is 1. The summed E-state index contributed by atoms with van der Waals surface area (Å²) < 4.78 is 27.0. The number of oxime groups is 1. The number of carbonyl (C=O) groups is 1. The van der Waals surface area contributed by atoms with Crippen molar-refractivity contribution >= 4 is 22.6 Å². The first-order valence-corrected chi connectivity index (χ1v) is 25.9. The van der Waals surface area contributed by atoms with Crippen molar-refractivity contribution in [1.29, 1.82) is 0 Å². The highest BCUT2D eigenvalue weighted by Crippen LogP contribution is 2.62. The number of unbranched alkanes of at least 4 members (excludes halogenated alkanes) is 11. The molecule has 0 spiro atoms. The van der Waals surface area contributed by atoms with Gasteiger partial charge in [0.15, 0.2) is 0 Å². The van der Waals surface area contributed by atoms with E-state index in [0.717, 1.165) is 91.7 Å². The highest BCUT2D eigenvalue weighted by atomic mass is 16.8. The van der Waals surface area contributed by atoms with Crippen LogP contribution in [0.25, 0.3) is 10.8 Å². The molecule has 67 heavy (non-hydrogen) atoms. The molecule has 2 aliphatic heterocycles. The van der Waals surface area contributed by atoms with Crippen LogP contribution in [0.5, 0.6) is 11.5 Å². The van der Waals surface area contributed by atoms with Gasteiger partial charge in [-0.3, -0.25) is 4.90 Å². The Morgan fingerprint density at radius 3 is 2.39 bits per heavy atom. The minimum atomic E-state index is -1.46. The SMILES string of the molecule is C=CCOC12Oc3ccc(O)cc3C3C(CCCCO)C(CCCCO)C=C(C(=NOC4CCCCO4)CC1N(Cc1cccc4ccccc14)C(=O)OCCCCCCCCCCCC)C32. The zero-order chi connectivity index (χ0) is 46.9. The molecule has 4 aliphatic rings. The minimum Gasteiger partial charge on any atom is -0.508 e. The second-order valence-electron chi connectivity index (χ2n) is 19.3. The third-order valence-corrected chi connectivity index (χ3v) is 14.6. The van der Waals surface area contributed by atoms with E-state index >= 15 is 4.79 Å². The summed E-state index contributed by atoms with van der Waals surface area (Å²) in [6.45, 7) is 7.79. The van der Waals surface area contributed by atoms with Gasteiger partial charge >= 0.3 is 6.09 Å². The fourth-order valence-corrected chi connectivity index (χ4v) is 11.3. The first-order chi connectivity index (χ1) is 32.9. The standard InChI is InChI=1S/C56H78N2O9/c1-3-5-6-7-8-9-10-11-12-20-36-64-55(62)58(40-43-26-22-25-41-23-13-14-27-45(41)43)51-39-49(57-67-52-29-17-21-35-63-52)47-37-42(24-15-18-32-59)46(28-16-19-33-60)53-48-38-44(61)30-31-50(48)66-56(51,54(47)53)65-34-4-2/h4,13-14,22-23,25-27,30-31,37-38,42,46,51-54,59-61H,2-3,5-12,15-21,24,28-29,32-36,39-40H2,1H3. The smallest absolute Gasteiger partial charge is 0.410 e. The maximum atomic E-state index is 15.2. The molecule has 11 nitrogen and oxygen atoms in total. The molecule has 1 saturated heterocycles. The van der Waals surface area contributed by atoms with Gasteiger partial charge in [0.05, 0.1) is 38.0 Å². The van der Waals surface area contributed by atoms with Gasteiger partial charge in [0.25, 0.3) is 0 Å². The lowest BCUT2D eigenvalue weighted by atomic mass is 9.55. The van der Waals surface area contributed by atoms with Crippen molar-refractivity contribution in [1.82, 2.24) is 4.90 Å². The average molecular weight is 923 g/mol. The number of aliphatic hydroxyl groups excluding tert-OH is 2. The summed E-state index contributed by atoms with van der Waals surface area (Å²) in [6.07, 6.45) is 22.4. The fourth-order valence-electron chi connectivity index (χ4n) is 11.3. The van der Waals surface area contributed by atoms with Gasteiger partial charge in [-0.2, -0.15) is 0 Å². The van der Waals surface area contributed by atoms with Gasteiger partial charge in [-0.1, -0.05) is 137 Å². The van der Waals surface area contributed by atoms with E-state index in [0.29, 0.717) is 37.5 Å². The fraction of sp³-hybridized carbons (Fsp3) is 0.607. The van der Waals surface area contributed by atoms with Gasteiger partial charge in [0, 0.05) is 37.5 Å². The van der Waals surface area contributed by atoms with Crippen LogP contribution in [0.4, 0.5) is 4.79 Å². The van der Waals surface area contributed by atoms with Crippen molar-refractivity contribution in [2.75, 3.05) is 33.0 Å². The zero-order valence-corrected chi connectivity index (χ0v) is 40.2. The number of rotatable bonds is 27. The monoisotopic (exact) mass is 923 g/mol. The number of amides is 1. The lowest BCUT2D eigenvalue weighted by Crippen LogP contribution is -2.70. The van der Waals surface area contributed by atoms with Gasteiger partial charge in [-0.25, -0.2) is 4.79 Å². The molecule has 7 unspecified atom stereocenters. The Morgan fingerprint density at radius 2 is 1.64 bits per heavy atom. The van der Waals surface area contributed by atoms with Crippen LogP contribution in [0.3, 0.4) is 0 Å². The van der Waals surface area contributed by atoms with Gasteiger partial charge in [0.2, 0.25) is 12.1 Å². The molecule has 7 rings (SSSR count). The van der Waals surface area contributed by atoms with Crippen molar-refractivity contribution in [3.05, 3.63) is 96.1 Å². The molecule has 0 radical (unpaired) electrons. The first-order valence-electron chi connectivity index (χ1n) is 25.9. The maximum absolute atomic E-state index is 15.2. The Morgan fingerprint density at radius 1 is 0.896 bits per heavy atom. The summed E-state index contributed by atoms with van der Waals surface area (Å²) >= 11 is 0. The first kappa shape index (κ1) is 50.5. The molecule has 3 aromatic carbocycles. The molecule has 3 aromatic rings. The summed E-state index contributed by atoms with van der Waals surface area (Å²) in [7, 11) is 0. The van der Waals surface area contributed by atoms with Crippen LogP contribution in [0.2, 0.25) is 0 Å². The third kappa shape index (κ3) is 12.6. The van der Waals surface area contributed by atoms with E-state index in [1.807, 2.05) is 35.2 Å². The minimum absolute atomic E-state index is 0.0348. The molecule has 366 valence electrons.